The van der Waals surface area contributed by atoms with Crippen LogP contribution in [0.2, 0.25) is 0 Å². The van der Waals surface area contributed by atoms with Gasteiger partial charge >= 0.3 is 0 Å². The molecule has 0 radical (unpaired) electrons. The van der Waals surface area contributed by atoms with Gasteiger partial charge in [0.1, 0.15) is 11.4 Å². The summed E-state index contributed by atoms with van der Waals surface area (Å²) in [4.78, 5) is 17.1. The molecule has 140 valence electrons. The van der Waals surface area contributed by atoms with Crippen LogP contribution in [-0.2, 0) is 6.42 Å². The lowest BCUT2D eigenvalue weighted by molar-refractivity contribution is 0.104. The Morgan fingerprint density at radius 3 is 2.62 bits per heavy atom. The van der Waals surface area contributed by atoms with Crippen molar-refractivity contribution in [2.24, 2.45) is 0 Å². The molecule has 29 heavy (non-hydrogen) atoms. The fraction of sp³-hybridized carbons (Fsp3) is 0.0417. The monoisotopic (exact) mass is 379 g/mol. The number of para-hydroxylation sites is 1. The standard InChI is InChI=1S/C24H17N3O2/c28-22-10-4-9-20-21(22)13-17(24(20)29)12-18-15-27(19-7-2-1-3-8-19)26-23(18)16-6-5-11-25-14-16/h1-12,14-15,28H,13H2/b17-12-. The Morgan fingerprint density at radius 1 is 1.00 bits per heavy atom. The van der Waals surface area contributed by atoms with E-state index in [-0.39, 0.29) is 11.5 Å². The normalized spacial score (nSPS) is 14.3. The summed E-state index contributed by atoms with van der Waals surface area (Å²) in [6.07, 6.45) is 7.67. The lowest BCUT2D eigenvalue weighted by Crippen LogP contribution is -1.95. The number of Topliss-reactive ketones (excluding diaryl/α,β-unsaturated/α-hetero) is 1. The summed E-state index contributed by atoms with van der Waals surface area (Å²) in [6.45, 7) is 0. The van der Waals surface area contributed by atoms with Gasteiger partial charge in [0.2, 0.25) is 0 Å². The van der Waals surface area contributed by atoms with E-state index in [1.165, 1.54) is 0 Å². The van der Waals surface area contributed by atoms with Crippen molar-refractivity contribution in [1.29, 1.82) is 0 Å². The molecule has 0 aliphatic heterocycles. The molecule has 2 heterocycles. The molecule has 0 amide bonds. The summed E-state index contributed by atoms with van der Waals surface area (Å²) in [5, 5.41) is 14.9. The largest absolute Gasteiger partial charge is 0.508 e. The Kier molecular flexibility index (Phi) is 4.06. The van der Waals surface area contributed by atoms with Crippen LogP contribution >= 0.6 is 0 Å². The van der Waals surface area contributed by atoms with Crippen LogP contribution in [0.15, 0.2) is 84.8 Å². The topological polar surface area (TPSA) is 68.0 Å². The number of ketones is 1. The second-order valence-corrected chi connectivity index (χ2v) is 6.93. The molecule has 0 saturated heterocycles. The molecule has 5 rings (SSSR count). The predicted octanol–water partition coefficient (Wildman–Crippen LogP) is 4.46. The number of aromatic hydroxyl groups is 1. The Balaban J connectivity index is 1.63. The smallest absolute Gasteiger partial charge is 0.189 e. The van der Waals surface area contributed by atoms with Crippen LogP contribution in [0.3, 0.4) is 0 Å². The molecule has 5 heteroatoms. The predicted molar refractivity (Wildman–Crippen MR) is 111 cm³/mol. The number of aromatic nitrogens is 3. The molecule has 5 nitrogen and oxygen atoms in total. The number of carbonyl (C=O) groups excluding carboxylic acids is 1. The highest BCUT2D eigenvalue weighted by molar-refractivity contribution is 6.16. The van der Waals surface area contributed by atoms with E-state index in [9.17, 15) is 9.90 Å². The second kappa shape index (κ2) is 6.87. The maximum absolute atomic E-state index is 12.9. The molecule has 1 N–H and O–H groups in total. The summed E-state index contributed by atoms with van der Waals surface area (Å²) < 4.78 is 1.80. The number of phenolic OH excluding ortho intramolecular Hbond substituents is 1. The highest BCUT2D eigenvalue weighted by atomic mass is 16.3. The number of carbonyl (C=O) groups is 1. The van der Waals surface area contributed by atoms with Gasteiger partial charge in [-0.05, 0) is 36.4 Å². The average molecular weight is 379 g/mol. The van der Waals surface area contributed by atoms with Crippen molar-refractivity contribution in [2.45, 2.75) is 6.42 Å². The van der Waals surface area contributed by atoms with Gasteiger partial charge in [-0.1, -0.05) is 30.3 Å². The van der Waals surface area contributed by atoms with Crippen LogP contribution in [0.5, 0.6) is 5.75 Å². The number of allylic oxidation sites excluding steroid dienone is 1. The molecule has 1 aliphatic rings. The van der Waals surface area contributed by atoms with Crippen LogP contribution in [-0.4, -0.2) is 25.7 Å². The minimum absolute atomic E-state index is 0.0551. The van der Waals surface area contributed by atoms with Gasteiger partial charge < -0.3 is 5.11 Å². The molecule has 0 atom stereocenters. The average Bonchev–Trinajstić information content (AvgIpc) is 3.33. The third-order valence-electron chi connectivity index (χ3n) is 5.08. The molecule has 0 bridgehead atoms. The Bertz CT molecular complexity index is 1240. The zero-order valence-electron chi connectivity index (χ0n) is 15.5. The fourth-order valence-corrected chi connectivity index (χ4v) is 3.65. The van der Waals surface area contributed by atoms with Gasteiger partial charge in [0, 0.05) is 52.8 Å². The van der Waals surface area contributed by atoms with E-state index in [0.717, 1.165) is 22.5 Å². The van der Waals surface area contributed by atoms with Gasteiger partial charge in [-0.25, -0.2) is 4.68 Å². The second-order valence-electron chi connectivity index (χ2n) is 6.93. The first-order valence-corrected chi connectivity index (χ1v) is 9.32. The Labute approximate surface area is 167 Å². The van der Waals surface area contributed by atoms with Gasteiger partial charge in [-0.15, -0.1) is 0 Å². The summed E-state index contributed by atoms with van der Waals surface area (Å²) in [5.41, 5.74) is 5.27. The first-order chi connectivity index (χ1) is 14.2. The van der Waals surface area contributed by atoms with Gasteiger partial charge in [0.25, 0.3) is 0 Å². The third-order valence-corrected chi connectivity index (χ3v) is 5.08. The molecule has 4 aromatic rings. The molecular weight excluding hydrogens is 362 g/mol. The zero-order chi connectivity index (χ0) is 19.8. The molecular formula is C24H17N3O2. The van der Waals surface area contributed by atoms with Gasteiger partial charge in [0.15, 0.2) is 5.78 Å². The highest BCUT2D eigenvalue weighted by Gasteiger charge is 2.27. The van der Waals surface area contributed by atoms with E-state index < -0.39 is 0 Å². The van der Waals surface area contributed by atoms with E-state index in [0.29, 0.717) is 23.1 Å². The molecule has 1 aliphatic carbocycles. The quantitative estimate of drug-likeness (QED) is 0.534. The number of fused-ring (bicyclic) bond motifs is 1. The summed E-state index contributed by atoms with van der Waals surface area (Å²) in [6, 6.07) is 18.7. The van der Waals surface area contributed by atoms with Crippen LogP contribution in [0, 0.1) is 0 Å². The van der Waals surface area contributed by atoms with Crippen molar-refractivity contribution in [3.63, 3.8) is 0 Å². The van der Waals surface area contributed by atoms with Crippen LogP contribution in [0.4, 0.5) is 0 Å². The third kappa shape index (κ3) is 3.02. The number of hydrogen-bond acceptors (Lipinski definition) is 4. The number of hydrogen-bond donors (Lipinski definition) is 1. The number of benzene rings is 2. The number of rotatable bonds is 3. The molecule has 0 spiro atoms. The highest BCUT2D eigenvalue weighted by Crippen LogP contribution is 2.35. The number of nitrogens with zero attached hydrogens (tertiary/aromatic N) is 3. The van der Waals surface area contributed by atoms with Crippen LogP contribution in [0.1, 0.15) is 21.5 Å². The summed E-state index contributed by atoms with van der Waals surface area (Å²) >= 11 is 0. The summed E-state index contributed by atoms with van der Waals surface area (Å²) in [7, 11) is 0. The van der Waals surface area contributed by atoms with Crippen molar-refractivity contribution in [2.75, 3.05) is 0 Å². The fourth-order valence-electron chi connectivity index (χ4n) is 3.65. The van der Waals surface area contributed by atoms with Gasteiger partial charge in [0.05, 0.1) is 5.69 Å². The maximum Gasteiger partial charge on any atom is 0.189 e. The molecule has 0 unspecified atom stereocenters. The van der Waals surface area contributed by atoms with E-state index in [2.05, 4.69) is 4.98 Å². The number of phenols is 1. The van der Waals surface area contributed by atoms with Crippen molar-refractivity contribution in [3.05, 3.63) is 102 Å². The van der Waals surface area contributed by atoms with Crippen molar-refractivity contribution < 1.29 is 9.90 Å². The first kappa shape index (κ1) is 17.1. The van der Waals surface area contributed by atoms with Crippen LogP contribution in [0.25, 0.3) is 23.0 Å². The summed E-state index contributed by atoms with van der Waals surface area (Å²) in [5.74, 6) is 0.104. The Hall–Kier alpha value is -3.99. The maximum atomic E-state index is 12.9. The van der Waals surface area contributed by atoms with E-state index in [1.807, 2.05) is 54.7 Å². The van der Waals surface area contributed by atoms with E-state index in [4.69, 9.17) is 5.10 Å². The van der Waals surface area contributed by atoms with Crippen LogP contribution < -0.4 is 0 Å². The minimum Gasteiger partial charge on any atom is -0.508 e. The first-order valence-electron chi connectivity index (χ1n) is 9.32. The Morgan fingerprint density at radius 2 is 1.86 bits per heavy atom. The van der Waals surface area contributed by atoms with Crippen molar-refractivity contribution in [3.8, 4) is 22.7 Å². The van der Waals surface area contributed by atoms with Crippen molar-refractivity contribution >= 4 is 11.9 Å². The van der Waals surface area contributed by atoms with Gasteiger partial charge in [-0.2, -0.15) is 5.10 Å². The van der Waals surface area contributed by atoms with E-state index >= 15 is 0 Å². The SMILES string of the molecule is O=C1/C(=C\c2cn(-c3ccccc3)nc2-c2cccnc2)Cc2c(O)cccc21. The lowest BCUT2D eigenvalue weighted by Gasteiger charge is -2.00. The minimum atomic E-state index is -0.0551. The molecule has 0 saturated carbocycles. The lowest BCUT2D eigenvalue weighted by atomic mass is 10.1. The van der Waals surface area contributed by atoms with E-state index in [1.54, 1.807) is 35.3 Å². The number of pyridine rings is 1. The van der Waals surface area contributed by atoms with Crippen molar-refractivity contribution in [1.82, 2.24) is 14.8 Å². The zero-order valence-corrected chi connectivity index (χ0v) is 15.5. The van der Waals surface area contributed by atoms with Gasteiger partial charge in [-0.3, -0.25) is 9.78 Å². The molecule has 2 aromatic heterocycles. The molecule has 2 aromatic carbocycles. The molecule has 0 fully saturated rings.